The van der Waals surface area contributed by atoms with Crippen molar-refractivity contribution >= 4 is 5.91 Å². The van der Waals surface area contributed by atoms with Gasteiger partial charge in [0.1, 0.15) is 11.6 Å². The summed E-state index contributed by atoms with van der Waals surface area (Å²) in [5, 5.41) is 0. The van der Waals surface area contributed by atoms with Gasteiger partial charge >= 0.3 is 0 Å². The van der Waals surface area contributed by atoms with Crippen molar-refractivity contribution in [3.05, 3.63) is 102 Å². The minimum absolute atomic E-state index is 0.00699. The van der Waals surface area contributed by atoms with Crippen molar-refractivity contribution in [1.29, 1.82) is 0 Å². The Morgan fingerprint density at radius 2 is 1.38 bits per heavy atom. The van der Waals surface area contributed by atoms with Gasteiger partial charge in [0.2, 0.25) is 0 Å². The molecule has 0 aromatic heterocycles. The van der Waals surface area contributed by atoms with E-state index in [-0.39, 0.29) is 17.8 Å². The molecule has 0 N–H and O–H groups in total. The van der Waals surface area contributed by atoms with Crippen molar-refractivity contribution in [2.45, 2.75) is 25.5 Å². The second-order valence-electron chi connectivity index (χ2n) is 8.05. The molecule has 0 radical (unpaired) electrons. The van der Waals surface area contributed by atoms with Crippen LogP contribution in [0.5, 0.6) is 5.75 Å². The molecular weight excluding hydrogens is 403 g/mol. The largest absolute Gasteiger partial charge is 0.481 e. The maximum absolute atomic E-state index is 13.2. The zero-order chi connectivity index (χ0) is 22.3. The molecule has 1 saturated heterocycles. The Kier molecular flexibility index (Phi) is 7.17. The van der Waals surface area contributed by atoms with Crippen LogP contribution < -0.4 is 4.74 Å². The minimum Gasteiger partial charge on any atom is -0.481 e. The first-order valence-corrected chi connectivity index (χ1v) is 11.2. The molecule has 1 aliphatic rings. The quantitative estimate of drug-likeness (QED) is 0.531. The summed E-state index contributed by atoms with van der Waals surface area (Å²) in [7, 11) is 0. The Morgan fingerprint density at radius 3 is 1.88 bits per heavy atom. The van der Waals surface area contributed by atoms with E-state index in [1.807, 2.05) is 24.0 Å². The highest BCUT2D eigenvalue weighted by Gasteiger charge is 2.31. The summed E-state index contributed by atoms with van der Waals surface area (Å²) < 4.78 is 19.0. The monoisotopic (exact) mass is 432 g/mol. The Labute approximate surface area is 189 Å². The maximum atomic E-state index is 13.2. The van der Waals surface area contributed by atoms with E-state index in [4.69, 9.17) is 4.74 Å². The molecule has 1 atom stereocenters. The summed E-state index contributed by atoms with van der Waals surface area (Å²) in [6, 6.07) is 27.0. The first-order chi connectivity index (χ1) is 15.7. The molecule has 3 aromatic rings. The average Bonchev–Trinajstić information content (AvgIpc) is 2.85. The number of rotatable bonds is 7. The van der Waals surface area contributed by atoms with Crippen LogP contribution in [0.1, 0.15) is 30.5 Å². The van der Waals surface area contributed by atoms with Gasteiger partial charge in [-0.2, -0.15) is 0 Å². The lowest BCUT2D eigenvalue weighted by molar-refractivity contribution is -0.140. The molecule has 1 unspecified atom stereocenters. The molecule has 5 heteroatoms. The number of amides is 1. The molecule has 0 spiro atoms. The smallest absolute Gasteiger partial charge is 0.263 e. The molecule has 166 valence electrons. The fourth-order valence-electron chi connectivity index (χ4n) is 4.27. The molecule has 1 fully saturated rings. The van der Waals surface area contributed by atoms with E-state index in [1.54, 1.807) is 12.1 Å². The standard InChI is InChI=1S/C27H29FN2O2/c1-2-25(32-24-15-13-23(28)14-16-24)27(31)30-19-17-29(18-20-30)26(21-9-5-3-6-10-21)22-11-7-4-8-12-22/h3-16,25-26H,2,17-20H2,1H3. The molecule has 0 saturated carbocycles. The summed E-state index contributed by atoms with van der Waals surface area (Å²) in [4.78, 5) is 17.5. The van der Waals surface area contributed by atoms with E-state index < -0.39 is 6.10 Å². The predicted octanol–water partition coefficient (Wildman–Crippen LogP) is 4.92. The highest BCUT2D eigenvalue weighted by Crippen LogP contribution is 2.29. The molecule has 4 nitrogen and oxygen atoms in total. The molecule has 1 amide bonds. The van der Waals surface area contributed by atoms with Gasteiger partial charge in [-0.05, 0) is 41.8 Å². The molecule has 1 heterocycles. The third kappa shape index (κ3) is 5.17. The number of carbonyl (C=O) groups is 1. The van der Waals surface area contributed by atoms with Crippen LogP contribution >= 0.6 is 0 Å². The number of benzene rings is 3. The Morgan fingerprint density at radius 1 is 0.844 bits per heavy atom. The Bertz CT molecular complexity index is 948. The van der Waals surface area contributed by atoms with Crippen molar-refractivity contribution in [2.75, 3.05) is 26.2 Å². The van der Waals surface area contributed by atoms with Gasteiger partial charge in [0.25, 0.3) is 5.91 Å². The third-order valence-electron chi connectivity index (χ3n) is 5.96. The number of hydrogen-bond donors (Lipinski definition) is 0. The van der Waals surface area contributed by atoms with Crippen LogP contribution in [-0.4, -0.2) is 48.0 Å². The van der Waals surface area contributed by atoms with Gasteiger partial charge in [-0.25, -0.2) is 4.39 Å². The number of hydrogen-bond acceptors (Lipinski definition) is 3. The van der Waals surface area contributed by atoms with Crippen LogP contribution in [-0.2, 0) is 4.79 Å². The average molecular weight is 433 g/mol. The minimum atomic E-state index is -0.564. The first kappa shape index (κ1) is 22.0. The summed E-state index contributed by atoms with van der Waals surface area (Å²) in [5.74, 6) is 0.185. The van der Waals surface area contributed by atoms with E-state index in [1.165, 1.54) is 23.3 Å². The normalized spacial score (nSPS) is 15.5. The number of halogens is 1. The van der Waals surface area contributed by atoms with Crippen LogP contribution in [0.25, 0.3) is 0 Å². The fourth-order valence-corrected chi connectivity index (χ4v) is 4.27. The van der Waals surface area contributed by atoms with Crippen LogP contribution in [0, 0.1) is 5.82 Å². The SMILES string of the molecule is CCC(Oc1ccc(F)cc1)C(=O)N1CCN(C(c2ccccc2)c2ccccc2)CC1. The molecule has 4 rings (SSSR count). The summed E-state index contributed by atoms with van der Waals surface area (Å²) in [6.07, 6.45) is -0.00126. The van der Waals surface area contributed by atoms with Gasteiger partial charge in [-0.1, -0.05) is 67.6 Å². The lowest BCUT2D eigenvalue weighted by Crippen LogP contribution is -2.53. The molecule has 32 heavy (non-hydrogen) atoms. The highest BCUT2D eigenvalue weighted by atomic mass is 19.1. The number of piperazine rings is 1. The predicted molar refractivity (Wildman–Crippen MR) is 124 cm³/mol. The van der Waals surface area contributed by atoms with E-state index in [0.717, 1.165) is 13.1 Å². The summed E-state index contributed by atoms with van der Waals surface area (Å²) in [6.45, 7) is 4.81. The van der Waals surface area contributed by atoms with Gasteiger partial charge in [-0.15, -0.1) is 0 Å². The van der Waals surface area contributed by atoms with E-state index >= 15 is 0 Å². The van der Waals surface area contributed by atoms with Gasteiger partial charge in [0.15, 0.2) is 6.10 Å². The third-order valence-corrected chi connectivity index (χ3v) is 5.96. The second-order valence-corrected chi connectivity index (χ2v) is 8.05. The molecule has 0 aliphatic carbocycles. The zero-order valence-corrected chi connectivity index (χ0v) is 18.4. The number of carbonyl (C=O) groups excluding carboxylic acids is 1. The second kappa shape index (κ2) is 10.4. The molecular formula is C27H29FN2O2. The number of ether oxygens (including phenoxy) is 1. The summed E-state index contributed by atoms with van der Waals surface area (Å²) in [5.41, 5.74) is 2.51. The van der Waals surface area contributed by atoms with Crippen LogP contribution in [0.4, 0.5) is 4.39 Å². The Hall–Kier alpha value is -3.18. The van der Waals surface area contributed by atoms with Crippen molar-refractivity contribution in [3.8, 4) is 5.75 Å². The zero-order valence-electron chi connectivity index (χ0n) is 18.4. The first-order valence-electron chi connectivity index (χ1n) is 11.2. The molecule has 1 aliphatic heterocycles. The van der Waals surface area contributed by atoms with Gasteiger partial charge < -0.3 is 9.64 Å². The van der Waals surface area contributed by atoms with Crippen LogP contribution in [0.15, 0.2) is 84.9 Å². The van der Waals surface area contributed by atoms with Crippen molar-refractivity contribution < 1.29 is 13.9 Å². The molecule has 3 aromatic carbocycles. The van der Waals surface area contributed by atoms with E-state index in [2.05, 4.69) is 53.4 Å². The lowest BCUT2D eigenvalue weighted by Gasteiger charge is -2.40. The highest BCUT2D eigenvalue weighted by molar-refractivity contribution is 5.81. The van der Waals surface area contributed by atoms with E-state index in [9.17, 15) is 9.18 Å². The van der Waals surface area contributed by atoms with Crippen LogP contribution in [0.3, 0.4) is 0 Å². The molecule has 0 bridgehead atoms. The van der Waals surface area contributed by atoms with Crippen molar-refractivity contribution in [3.63, 3.8) is 0 Å². The van der Waals surface area contributed by atoms with Gasteiger partial charge in [-0.3, -0.25) is 9.69 Å². The fraction of sp³-hybridized carbons (Fsp3) is 0.296. The summed E-state index contributed by atoms with van der Waals surface area (Å²) >= 11 is 0. The maximum Gasteiger partial charge on any atom is 0.263 e. The van der Waals surface area contributed by atoms with Crippen molar-refractivity contribution in [2.24, 2.45) is 0 Å². The topological polar surface area (TPSA) is 32.8 Å². The number of nitrogens with zero attached hydrogens (tertiary/aromatic N) is 2. The van der Waals surface area contributed by atoms with Gasteiger partial charge in [0.05, 0.1) is 6.04 Å². The lowest BCUT2D eigenvalue weighted by atomic mass is 9.96. The van der Waals surface area contributed by atoms with Crippen LogP contribution in [0.2, 0.25) is 0 Å². The van der Waals surface area contributed by atoms with Gasteiger partial charge in [0, 0.05) is 26.2 Å². The van der Waals surface area contributed by atoms with Crippen molar-refractivity contribution in [1.82, 2.24) is 9.80 Å². The Balaban J connectivity index is 1.43. The van der Waals surface area contributed by atoms with E-state index in [0.29, 0.717) is 25.3 Å².